The second kappa shape index (κ2) is 7.57. The van der Waals surface area contributed by atoms with Crippen LogP contribution in [0.15, 0.2) is 12.1 Å². The molecule has 0 saturated carbocycles. The maximum Gasteiger partial charge on any atom is 0.165 e. The lowest BCUT2D eigenvalue weighted by Gasteiger charge is -2.27. The molecule has 0 radical (unpaired) electrons. The molecule has 0 bridgehead atoms. The zero-order valence-electron chi connectivity index (χ0n) is 12.2. The molecule has 1 heterocycles. The first-order chi connectivity index (χ1) is 9.74. The third kappa shape index (κ3) is 3.91. The standard InChI is InChI=1S/C15H23FN2O2/c1-19-11-12-9-13(15(20-2)14(16)10-12)3-6-18-7-4-17-5-8-18/h9-10,17H,3-8,11H2,1-2H3. The second-order valence-corrected chi connectivity index (χ2v) is 5.04. The lowest BCUT2D eigenvalue weighted by atomic mass is 10.1. The fraction of sp³-hybridized carbons (Fsp3) is 0.600. The molecule has 0 amide bonds. The molecule has 1 N–H and O–H groups in total. The van der Waals surface area contributed by atoms with Crippen LogP contribution in [0, 0.1) is 5.82 Å². The summed E-state index contributed by atoms with van der Waals surface area (Å²) in [6, 6.07) is 3.46. The van der Waals surface area contributed by atoms with E-state index in [9.17, 15) is 4.39 Å². The van der Waals surface area contributed by atoms with E-state index in [4.69, 9.17) is 9.47 Å². The molecule has 0 aromatic heterocycles. The SMILES string of the molecule is COCc1cc(F)c(OC)c(CCN2CCNCC2)c1. The van der Waals surface area contributed by atoms with E-state index in [1.54, 1.807) is 7.11 Å². The summed E-state index contributed by atoms with van der Waals surface area (Å²) < 4.78 is 24.3. The summed E-state index contributed by atoms with van der Waals surface area (Å²) in [7, 11) is 3.13. The largest absolute Gasteiger partial charge is 0.493 e. The third-order valence-corrected chi connectivity index (χ3v) is 3.60. The maximum atomic E-state index is 14.0. The van der Waals surface area contributed by atoms with Gasteiger partial charge in [0.05, 0.1) is 13.7 Å². The van der Waals surface area contributed by atoms with Gasteiger partial charge < -0.3 is 19.7 Å². The molecule has 1 saturated heterocycles. The second-order valence-electron chi connectivity index (χ2n) is 5.04. The molecule has 4 nitrogen and oxygen atoms in total. The minimum Gasteiger partial charge on any atom is -0.493 e. The molecule has 2 rings (SSSR count). The smallest absolute Gasteiger partial charge is 0.165 e. The van der Waals surface area contributed by atoms with Gasteiger partial charge in [-0.25, -0.2) is 4.39 Å². The van der Waals surface area contributed by atoms with E-state index in [-0.39, 0.29) is 5.82 Å². The predicted molar refractivity (Wildman–Crippen MR) is 76.7 cm³/mol. The van der Waals surface area contributed by atoms with Gasteiger partial charge in [0.2, 0.25) is 0 Å². The van der Waals surface area contributed by atoms with Gasteiger partial charge in [0.15, 0.2) is 11.6 Å². The van der Waals surface area contributed by atoms with E-state index >= 15 is 0 Å². The van der Waals surface area contributed by atoms with Crippen LogP contribution in [0.25, 0.3) is 0 Å². The Kier molecular flexibility index (Phi) is 5.76. The number of hydrogen-bond acceptors (Lipinski definition) is 4. The number of halogens is 1. The molecular weight excluding hydrogens is 259 g/mol. The van der Waals surface area contributed by atoms with Crippen molar-refractivity contribution in [3.8, 4) is 5.75 Å². The molecule has 0 unspecified atom stereocenters. The molecule has 1 aromatic rings. The summed E-state index contributed by atoms with van der Waals surface area (Å²) in [5, 5.41) is 3.33. The Morgan fingerprint density at radius 3 is 2.65 bits per heavy atom. The van der Waals surface area contributed by atoms with Crippen molar-refractivity contribution in [2.75, 3.05) is 46.9 Å². The Balaban J connectivity index is 2.07. The fourth-order valence-electron chi connectivity index (χ4n) is 2.59. The summed E-state index contributed by atoms with van der Waals surface area (Å²) >= 11 is 0. The summed E-state index contributed by atoms with van der Waals surface area (Å²) in [4.78, 5) is 2.39. The first-order valence-electron chi connectivity index (χ1n) is 7.02. The zero-order chi connectivity index (χ0) is 14.4. The number of piperazine rings is 1. The average Bonchev–Trinajstić information content (AvgIpc) is 2.46. The number of nitrogens with zero attached hydrogens (tertiary/aromatic N) is 1. The van der Waals surface area contributed by atoms with Gasteiger partial charge in [-0.05, 0) is 29.7 Å². The van der Waals surface area contributed by atoms with Crippen molar-refractivity contribution in [3.05, 3.63) is 29.1 Å². The number of hydrogen-bond donors (Lipinski definition) is 1. The highest BCUT2D eigenvalue weighted by Gasteiger charge is 2.14. The van der Waals surface area contributed by atoms with Crippen molar-refractivity contribution in [1.29, 1.82) is 0 Å². The molecule has 112 valence electrons. The van der Waals surface area contributed by atoms with Crippen LogP contribution in [0.3, 0.4) is 0 Å². The lowest BCUT2D eigenvalue weighted by molar-refractivity contribution is 0.184. The highest BCUT2D eigenvalue weighted by atomic mass is 19.1. The molecule has 0 aliphatic carbocycles. The maximum absolute atomic E-state index is 14.0. The Morgan fingerprint density at radius 1 is 1.25 bits per heavy atom. The van der Waals surface area contributed by atoms with Crippen molar-refractivity contribution < 1.29 is 13.9 Å². The van der Waals surface area contributed by atoms with E-state index in [1.165, 1.54) is 13.2 Å². The molecule has 0 atom stereocenters. The minimum absolute atomic E-state index is 0.308. The molecule has 1 fully saturated rings. The van der Waals surface area contributed by atoms with E-state index in [0.29, 0.717) is 12.4 Å². The van der Waals surface area contributed by atoms with Gasteiger partial charge in [-0.15, -0.1) is 0 Å². The number of ether oxygens (including phenoxy) is 2. The monoisotopic (exact) mass is 282 g/mol. The van der Waals surface area contributed by atoms with Crippen LogP contribution in [0.5, 0.6) is 5.75 Å². The topological polar surface area (TPSA) is 33.7 Å². The molecule has 20 heavy (non-hydrogen) atoms. The van der Waals surface area contributed by atoms with Crippen molar-refractivity contribution in [3.63, 3.8) is 0 Å². The number of rotatable bonds is 6. The highest BCUT2D eigenvalue weighted by molar-refractivity contribution is 5.39. The molecule has 1 aliphatic heterocycles. The van der Waals surface area contributed by atoms with Gasteiger partial charge in [-0.1, -0.05) is 0 Å². The van der Waals surface area contributed by atoms with Gasteiger partial charge in [-0.3, -0.25) is 0 Å². The van der Waals surface area contributed by atoms with Gasteiger partial charge in [0, 0.05) is 39.8 Å². The van der Waals surface area contributed by atoms with Crippen LogP contribution in [-0.2, 0) is 17.8 Å². The summed E-state index contributed by atoms with van der Waals surface area (Å²) in [5.41, 5.74) is 1.76. The van der Waals surface area contributed by atoms with Crippen LogP contribution in [-0.4, -0.2) is 51.8 Å². The summed E-state index contributed by atoms with van der Waals surface area (Å²) in [5.74, 6) is 0.0531. The van der Waals surface area contributed by atoms with Crippen LogP contribution in [0.1, 0.15) is 11.1 Å². The third-order valence-electron chi connectivity index (χ3n) is 3.60. The van der Waals surface area contributed by atoms with Crippen LogP contribution < -0.4 is 10.1 Å². The lowest BCUT2D eigenvalue weighted by Crippen LogP contribution is -2.44. The predicted octanol–water partition coefficient (Wildman–Crippen LogP) is 1.43. The number of nitrogens with one attached hydrogen (secondary N) is 1. The number of methoxy groups -OCH3 is 2. The minimum atomic E-state index is -0.308. The zero-order valence-corrected chi connectivity index (χ0v) is 12.2. The van der Waals surface area contributed by atoms with Crippen molar-refractivity contribution in [1.82, 2.24) is 10.2 Å². The van der Waals surface area contributed by atoms with Crippen LogP contribution in [0.4, 0.5) is 4.39 Å². The van der Waals surface area contributed by atoms with Crippen LogP contribution >= 0.6 is 0 Å². The van der Waals surface area contributed by atoms with E-state index in [2.05, 4.69) is 10.2 Å². The highest BCUT2D eigenvalue weighted by Crippen LogP contribution is 2.25. The van der Waals surface area contributed by atoms with E-state index in [0.717, 1.165) is 50.3 Å². The van der Waals surface area contributed by atoms with Crippen molar-refractivity contribution in [2.24, 2.45) is 0 Å². The first-order valence-corrected chi connectivity index (χ1v) is 7.02. The summed E-state index contributed by atoms with van der Waals surface area (Å²) in [6.07, 6.45) is 0.789. The molecule has 0 spiro atoms. The molecular formula is C15H23FN2O2. The molecule has 5 heteroatoms. The van der Waals surface area contributed by atoms with Crippen molar-refractivity contribution >= 4 is 0 Å². The first kappa shape index (κ1) is 15.2. The average molecular weight is 282 g/mol. The fourth-order valence-corrected chi connectivity index (χ4v) is 2.59. The number of benzene rings is 1. The quantitative estimate of drug-likeness (QED) is 0.856. The van der Waals surface area contributed by atoms with Crippen LogP contribution in [0.2, 0.25) is 0 Å². The Labute approximate surface area is 119 Å². The van der Waals surface area contributed by atoms with Gasteiger partial charge in [0.25, 0.3) is 0 Å². The summed E-state index contributed by atoms with van der Waals surface area (Å²) in [6.45, 7) is 5.48. The normalized spacial score (nSPS) is 16.4. The van der Waals surface area contributed by atoms with Crippen molar-refractivity contribution in [2.45, 2.75) is 13.0 Å². The Morgan fingerprint density at radius 2 is 2.00 bits per heavy atom. The Bertz CT molecular complexity index is 434. The molecule has 1 aromatic carbocycles. The molecule has 1 aliphatic rings. The van der Waals surface area contributed by atoms with E-state index in [1.807, 2.05) is 6.07 Å². The van der Waals surface area contributed by atoms with Gasteiger partial charge >= 0.3 is 0 Å². The Hall–Kier alpha value is -1.17. The van der Waals surface area contributed by atoms with Gasteiger partial charge in [0.1, 0.15) is 0 Å². The van der Waals surface area contributed by atoms with E-state index < -0.39 is 0 Å². The van der Waals surface area contributed by atoms with Gasteiger partial charge in [-0.2, -0.15) is 0 Å².